The Bertz CT molecular complexity index is 919. The highest BCUT2D eigenvalue weighted by Crippen LogP contribution is 2.28. The molecule has 0 fully saturated rings. The van der Waals surface area contributed by atoms with Crippen molar-refractivity contribution in [3.05, 3.63) is 101 Å². The van der Waals surface area contributed by atoms with Gasteiger partial charge in [0.25, 0.3) is 0 Å². The normalized spacial score (nSPS) is 13.7. The van der Waals surface area contributed by atoms with Crippen LogP contribution in [-0.4, -0.2) is 37.6 Å². The molecule has 0 bridgehead atoms. The number of benzene rings is 3. The fourth-order valence-corrected chi connectivity index (χ4v) is 4.21. The first-order valence-corrected chi connectivity index (χ1v) is 10.5. The van der Waals surface area contributed by atoms with E-state index in [1.165, 1.54) is 22.3 Å². The lowest BCUT2D eigenvalue weighted by Crippen LogP contribution is -2.41. The third-order valence-corrected chi connectivity index (χ3v) is 5.80. The number of rotatable bonds is 7. The lowest BCUT2D eigenvalue weighted by Gasteiger charge is -2.29. The molecule has 3 aromatic rings. The smallest absolute Gasteiger partial charge is 0.234 e. The van der Waals surface area contributed by atoms with Crippen LogP contribution in [0.2, 0.25) is 0 Å². The van der Waals surface area contributed by atoms with Crippen LogP contribution < -0.4 is 10.1 Å². The van der Waals surface area contributed by atoms with Crippen molar-refractivity contribution in [1.29, 1.82) is 0 Å². The second-order valence-electron chi connectivity index (χ2n) is 7.74. The van der Waals surface area contributed by atoms with Crippen molar-refractivity contribution in [2.24, 2.45) is 0 Å². The summed E-state index contributed by atoms with van der Waals surface area (Å²) < 4.78 is 5.52. The third-order valence-electron chi connectivity index (χ3n) is 5.80. The number of ether oxygens (including phenoxy) is 1. The van der Waals surface area contributed by atoms with Crippen LogP contribution in [0.5, 0.6) is 5.75 Å². The molecule has 30 heavy (non-hydrogen) atoms. The van der Waals surface area contributed by atoms with E-state index >= 15 is 0 Å². The van der Waals surface area contributed by atoms with Crippen molar-refractivity contribution in [2.45, 2.75) is 18.9 Å². The lowest BCUT2D eigenvalue weighted by molar-refractivity contribution is -0.122. The van der Waals surface area contributed by atoms with Gasteiger partial charge in [-0.15, -0.1) is 0 Å². The van der Waals surface area contributed by atoms with E-state index in [4.69, 9.17) is 4.74 Å². The number of hydrogen-bond donors (Lipinski definition) is 1. The summed E-state index contributed by atoms with van der Waals surface area (Å²) in [6.07, 6.45) is 0.941. The zero-order valence-corrected chi connectivity index (χ0v) is 17.4. The summed E-state index contributed by atoms with van der Waals surface area (Å²) in [5.74, 6) is 1.11. The molecule has 1 aliphatic heterocycles. The Morgan fingerprint density at radius 2 is 1.63 bits per heavy atom. The van der Waals surface area contributed by atoms with Crippen LogP contribution in [-0.2, 0) is 17.8 Å². The van der Waals surface area contributed by atoms with Gasteiger partial charge in [-0.2, -0.15) is 0 Å². The van der Waals surface area contributed by atoms with Crippen LogP contribution in [0, 0.1) is 0 Å². The number of amides is 1. The van der Waals surface area contributed by atoms with Gasteiger partial charge in [0.2, 0.25) is 5.91 Å². The van der Waals surface area contributed by atoms with Gasteiger partial charge in [0.15, 0.2) is 0 Å². The van der Waals surface area contributed by atoms with E-state index in [2.05, 4.69) is 40.5 Å². The number of hydrogen-bond acceptors (Lipinski definition) is 3. The monoisotopic (exact) mass is 400 g/mol. The summed E-state index contributed by atoms with van der Waals surface area (Å²) >= 11 is 0. The Morgan fingerprint density at radius 1 is 0.967 bits per heavy atom. The van der Waals surface area contributed by atoms with Crippen molar-refractivity contribution in [3.8, 4) is 5.75 Å². The molecule has 1 heterocycles. The third kappa shape index (κ3) is 4.71. The predicted octanol–water partition coefficient (Wildman–Crippen LogP) is 4.00. The minimum Gasteiger partial charge on any atom is -0.496 e. The molecule has 0 radical (unpaired) electrons. The fraction of sp³-hybridized carbons (Fsp3) is 0.269. The van der Waals surface area contributed by atoms with Gasteiger partial charge in [-0.1, -0.05) is 72.8 Å². The van der Waals surface area contributed by atoms with Gasteiger partial charge in [-0.05, 0) is 29.2 Å². The van der Waals surface area contributed by atoms with E-state index in [1.807, 2.05) is 48.5 Å². The highest BCUT2D eigenvalue weighted by atomic mass is 16.5. The summed E-state index contributed by atoms with van der Waals surface area (Å²) in [7, 11) is 1.70. The van der Waals surface area contributed by atoms with E-state index in [0.29, 0.717) is 13.1 Å². The molecule has 4 heteroatoms. The summed E-state index contributed by atoms with van der Waals surface area (Å²) in [4.78, 5) is 15.0. The number of nitrogens with zero attached hydrogens (tertiary/aromatic N) is 1. The van der Waals surface area contributed by atoms with Crippen LogP contribution >= 0.6 is 0 Å². The van der Waals surface area contributed by atoms with E-state index < -0.39 is 0 Å². The molecular weight excluding hydrogens is 372 g/mol. The Labute approximate surface area is 178 Å². The second kappa shape index (κ2) is 9.59. The number of fused-ring (bicyclic) bond motifs is 1. The van der Waals surface area contributed by atoms with Gasteiger partial charge in [-0.3, -0.25) is 9.69 Å². The minimum absolute atomic E-state index is 0.0604. The standard InChI is InChI=1S/C26H28N2O2/c1-30-25-14-8-13-22-15-16-28(18-24(22)25)19-26(29)27-17-23(20-9-4-2-5-10-20)21-11-6-3-7-12-21/h2-14,23H,15-19H2,1H3,(H,27,29). The van der Waals surface area contributed by atoms with Crippen molar-refractivity contribution in [1.82, 2.24) is 10.2 Å². The molecule has 3 aromatic carbocycles. The topological polar surface area (TPSA) is 41.6 Å². The SMILES string of the molecule is COc1cccc2c1CN(CC(=O)NCC(c1ccccc1)c1ccccc1)CC2. The molecule has 1 amide bonds. The molecule has 154 valence electrons. The molecule has 1 aliphatic rings. The van der Waals surface area contributed by atoms with Gasteiger partial charge in [0, 0.05) is 31.1 Å². The van der Waals surface area contributed by atoms with Gasteiger partial charge in [0.1, 0.15) is 5.75 Å². The molecule has 4 rings (SSSR count). The number of carbonyl (C=O) groups excluding carboxylic acids is 1. The molecule has 0 spiro atoms. The van der Waals surface area contributed by atoms with Crippen LogP contribution in [0.3, 0.4) is 0 Å². The molecular formula is C26H28N2O2. The van der Waals surface area contributed by atoms with E-state index in [0.717, 1.165) is 25.3 Å². The van der Waals surface area contributed by atoms with Crippen LogP contribution in [0.25, 0.3) is 0 Å². The molecule has 0 unspecified atom stereocenters. The maximum Gasteiger partial charge on any atom is 0.234 e. The van der Waals surface area contributed by atoms with Gasteiger partial charge < -0.3 is 10.1 Å². The zero-order valence-electron chi connectivity index (χ0n) is 17.4. The Hall–Kier alpha value is -3.11. The first-order valence-electron chi connectivity index (χ1n) is 10.5. The van der Waals surface area contributed by atoms with Crippen LogP contribution in [0.1, 0.15) is 28.2 Å². The average molecular weight is 401 g/mol. The van der Waals surface area contributed by atoms with Gasteiger partial charge >= 0.3 is 0 Å². The number of nitrogens with one attached hydrogen (secondary N) is 1. The Balaban J connectivity index is 1.40. The second-order valence-corrected chi connectivity index (χ2v) is 7.74. The summed E-state index contributed by atoms with van der Waals surface area (Å²) in [6.45, 7) is 2.61. The minimum atomic E-state index is 0.0604. The van der Waals surface area contributed by atoms with Crippen molar-refractivity contribution in [2.75, 3.05) is 26.7 Å². The van der Waals surface area contributed by atoms with Crippen LogP contribution in [0.15, 0.2) is 78.9 Å². The molecule has 0 atom stereocenters. The summed E-state index contributed by atoms with van der Waals surface area (Å²) in [5, 5.41) is 3.17. The molecule has 1 N–H and O–H groups in total. The molecule has 0 aliphatic carbocycles. The Morgan fingerprint density at radius 3 is 2.27 bits per heavy atom. The zero-order chi connectivity index (χ0) is 20.8. The fourth-order valence-electron chi connectivity index (χ4n) is 4.21. The van der Waals surface area contributed by atoms with Crippen molar-refractivity contribution >= 4 is 5.91 Å². The molecule has 0 saturated heterocycles. The van der Waals surface area contributed by atoms with Crippen molar-refractivity contribution in [3.63, 3.8) is 0 Å². The predicted molar refractivity (Wildman–Crippen MR) is 120 cm³/mol. The highest BCUT2D eigenvalue weighted by molar-refractivity contribution is 5.78. The maximum absolute atomic E-state index is 12.8. The first kappa shape index (κ1) is 20.2. The average Bonchev–Trinajstić information content (AvgIpc) is 2.80. The van der Waals surface area contributed by atoms with Crippen molar-refractivity contribution < 1.29 is 9.53 Å². The molecule has 0 saturated carbocycles. The van der Waals surface area contributed by atoms with Crippen LogP contribution in [0.4, 0.5) is 0 Å². The first-order chi connectivity index (χ1) is 14.7. The quantitative estimate of drug-likeness (QED) is 0.652. The van der Waals surface area contributed by atoms with E-state index in [-0.39, 0.29) is 11.8 Å². The Kier molecular flexibility index (Phi) is 6.45. The summed E-state index contributed by atoms with van der Waals surface area (Å²) in [6, 6.07) is 26.9. The number of carbonyl (C=O) groups is 1. The highest BCUT2D eigenvalue weighted by Gasteiger charge is 2.22. The van der Waals surface area contributed by atoms with Gasteiger partial charge in [0.05, 0.1) is 13.7 Å². The summed E-state index contributed by atoms with van der Waals surface area (Å²) in [5.41, 5.74) is 4.94. The molecule has 4 nitrogen and oxygen atoms in total. The van der Waals surface area contributed by atoms with E-state index in [1.54, 1.807) is 7.11 Å². The number of methoxy groups -OCH3 is 1. The van der Waals surface area contributed by atoms with E-state index in [9.17, 15) is 4.79 Å². The van der Waals surface area contributed by atoms with Gasteiger partial charge in [-0.25, -0.2) is 0 Å². The maximum atomic E-state index is 12.8. The lowest BCUT2D eigenvalue weighted by atomic mass is 9.91. The molecule has 0 aromatic heterocycles. The largest absolute Gasteiger partial charge is 0.496 e.